The number of nitrogens with zero attached hydrogens (tertiary/aromatic N) is 2. The molecule has 2 heterocycles. The van der Waals surface area contributed by atoms with Crippen LogP contribution in [-0.2, 0) is 17.1 Å². The maximum absolute atomic E-state index is 12.5. The number of anilines is 1. The van der Waals surface area contributed by atoms with E-state index in [4.69, 9.17) is 0 Å². The first kappa shape index (κ1) is 14.4. The van der Waals surface area contributed by atoms with Gasteiger partial charge >= 0.3 is 5.69 Å². The molecule has 0 saturated carbocycles. The van der Waals surface area contributed by atoms with Crippen molar-refractivity contribution in [2.75, 3.05) is 4.72 Å². The number of hydrogen-bond acceptors (Lipinski definition) is 4. The maximum atomic E-state index is 12.5. The van der Waals surface area contributed by atoms with Crippen LogP contribution in [0.2, 0.25) is 0 Å². The molecule has 0 unspecified atom stereocenters. The summed E-state index contributed by atoms with van der Waals surface area (Å²) >= 11 is 0. The summed E-state index contributed by atoms with van der Waals surface area (Å²) in [7, 11) is -2.10. The normalized spacial score (nSPS) is 12.0. The van der Waals surface area contributed by atoms with E-state index in [0.29, 0.717) is 28.1 Å². The highest BCUT2D eigenvalue weighted by atomic mass is 32.2. The van der Waals surface area contributed by atoms with Gasteiger partial charge in [-0.25, -0.2) is 13.2 Å². The number of imidazole rings is 1. The molecule has 9 heteroatoms. The molecule has 22 heavy (non-hydrogen) atoms. The molecule has 3 rings (SSSR count). The zero-order valence-corrected chi connectivity index (χ0v) is 13.1. The Balaban J connectivity index is 2.04. The summed E-state index contributed by atoms with van der Waals surface area (Å²) in [5.41, 5.74) is 2.25. The highest BCUT2D eigenvalue weighted by molar-refractivity contribution is 7.92. The van der Waals surface area contributed by atoms with E-state index in [2.05, 4.69) is 19.9 Å². The molecule has 0 fully saturated rings. The van der Waals surface area contributed by atoms with Gasteiger partial charge in [-0.2, -0.15) is 5.10 Å². The SMILES string of the molecule is Cc1n[nH]c(C)c1S(=O)(=O)Nc1ccc2c(c1)[nH]c(=O)n2C. The van der Waals surface area contributed by atoms with Gasteiger partial charge in [-0.3, -0.25) is 14.4 Å². The Morgan fingerprint density at radius 3 is 2.64 bits per heavy atom. The standard InChI is InChI=1S/C13H15N5O3S/c1-7-12(8(2)16-15-7)22(20,21)17-9-4-5-11-10(6-9)14-13(19)18(11)3/h4-6,17H,1-3H3,(H,14,19)(H,15,16). The Morgan fingerprint density at radius 2 is 2.00 bits per heavy atom. The van der Waals surface area contributed by atoms with Crippen LogP contribution < -0.4 is 10.4 Å². The van der Waals surface area contributed by atoms with Gasteiger partial charge in [0.2, 0.25) is 0 Å². The fraction of sp³-hybridized carbons (Fsp3) is 0.231. The van der Waals surface area contributed by atoms with Crippen LogP contribution in [-0.4, -0.2) is 28.2 Å². The Bertz CT molecular complexity index is 1010. The minimum Gasteiger partial charge on any atom is -0.305 e. The van der Waals surface area contributed by atoms with Gasteiger partial charge in [0.25, 0.3) is 10.0 Å². The number of aryl methyl sites for hydroxylation is 3. The van der Waals surface area contributed by atoms with E-state index in [0.717, 1.165) is 0 Å². The Hall–Kier alpha value is -2.55. The molecule has 0 aliphatic rings. The molecule has 2 aromatic heterocycles. The van der Waals surface area contributed by atoms with Crippen LogP contribution in [0.3, 0.4) is 0 Å². The number of nitrogens with one attached hydrogen (secondary N) is 3. The molecule has 8 nitrogen and oxygen atoms in total. The zero-order chi connectivity index (χ0) is 16.1. The summed E-state index contributed by atoms with van der Waals surface area (Å²) in [6, 6.07) is 4.87. The molecule has 116 valence electrons. The van der Waals surface area contributed by atoms with Crippen molar-refractivity contribution in [3.8, 4) is 0 Å². The third-order valence-corrected chi connectivity index (χ3v) is 5.13. The molecule has 0 radical (unpaired) electrons. The molecule has 0 aliphatic carbocycles. The molecule has 0 saturated heterocycles. The van der Waals surface area contributed by atoms with Gasteiger partial charge in [0, 0.05) is 7.05 Å². The largest absolute Gasteiger partial charge is 0.326 e. The average Bonchev–Trinajstić information content (AvgIpc) is 2.90. The van der Waals surface area contributed by atoms with Crippen LogP contribution in [0.4, 0.5) is 5.69 Å². The van der Waals surface area contributed by atoms with Gasteiger partial charge in [-0.1, -0.05) is 0 Å². The number of hydrogen-bond donors (Lipinski definition) is 3. The Labute approximate surface area is 126 Å². The number of aromatic nitrogens is 4. The summed E-state index contributed by atoms with van der Waals surface area (Å²) in [5, 5.41) is 6.54. The molecule has 0 aliphatic heterocycles. The van der Waals surface area contributed by atoms with Crippen molar-refractivity contribution in [1.29, 1.82) is 0 Å². The molecule has 3 aromatic rings. The lowest BCUT2D eigenvalue weighted by Crippen LogP contribution is -2.14. The topological polar surface area (TPSA) is 113 Å². The summed E-state index contributed by atoms with van der Waals surface area (Å²) in [6.45, 7) is 3.27. The van der Waals surface area contributed by atoms with Crippen molar-refractivity contribution in [2.24, 2.45) is 7.05 Å². The van der Waals surface area contributed by atoms with E-state index in [1.165, 1.54) is 4.57 Å². The van der Waals surface area contributed by atoms with E-state index in [1.807, 2.05) is 0 Å². The summed E-state index contributed by atoms with van der Waals surface area (Å²) in [4.78, 5) is 14.4. The smallest absolute Gasteiger partial charge is 0.305 e. The third kappa shape index (κ3) is 2.19. The fourth-order valence-electron chi connectivity index (χ4n) is 2.44. The van der Waals surface area contributed by atoms with Crippen molar-refractivity contribution in [3.63, 3.8) is 0 Å². The predicted molar refractivity (Wildman–Crippen MR) is 82.4 cm³/mol. The van der Waals surface area contributed by atoms with Gasteiger partial charge in [0.15, 0.2) is 0 Å². The monoisotopic (exact) mass is 321 g/mol. The van der Waals surface area contributed by atoms with Gasteiger partial charge < -0.3 is 4.98 Å². The minimum absolute atomic E-state index is 0.133. The molecule has 3 N–H and O–H groups in total. The van der Waals surface area contributed by atoms with Crippen LogP contribution in [0.25, 0.3) is 11.0 Å². The average molecular weight is 321 g/mol. The number of H-pyrrole nitrogens is 2. The lowest BCUT2D eigenvalue weighted by atomic mass is 10.3. The summed E-state index contributed by atoms with van der Waals surface area (Å²) in [6.07, 6.45) is 0. The fourth-order valence-corrected chi connectivity index (χ4v) is 3.87. The van der Waals surface area contributed by atoms with Crippen LogP contribution in [0.5, 0.6) is 0 Å². The number of benzene rings is 1. The van der Waals surface area contributed by atoms with E-state index in [9.17, 15) is 13.2 Å². The van der Waals surface area contributed by atoms with Crippen molar-refractivity contribution < 1.29 is 8.42 Å². The number of fused-ring (bicyclic) bond motifs is 1. The number of rotatable bonds is 3. The van der Waals surface area contributed by atoms with E-state index in [1.54, 1.807) is 39.1 Å². The number of aromatic amines is 2. The molecule has 0 bridgehead atoms. The Morgan fingerprint density at radius 1 is 1.27 bits per heavy atom. The van der Waals surface area contributed by atoms with E-state index >= 15 is 0 Å². The second-order valence-electron chi connectivity index (χ2n) is 5.09. The maximum Gasteiger partial charge on any atom is 0.326 e. The summed E-state index contributed by atoms with van der Waals surface area (Å²) < 4.78 is 28.9. The molecule has 1 aromatic carbocycles. The van der Waals surface area contributed by atoms with Gasteiger partial charge in [0.1, 0.15) is 4.90 Å². The van der Waals surface area contributed by atoms with Crippen LogP contribution in [0.1, 0.15) is 11.4 Å². The first-order chi connectivity index (χ1) is 10.3. The first-order valence-corrected chi connectivity index (χ1v) is 8.01. The molecular weight excluding hydrogens is 306 g/mol. The van der Waals surface area contributed by atoms with Crippen molar-refractivity contribution in [2.45, 2.75) is 18.7 Å². The van der Waals surface area contributed by atoms with Gasteiger partial charge in [0.05, 0.1) is 28.1 Å². The number of sulfonamides is 1. The van der Waals surface area contributed by atoms with Gasteiger partial charge in [-0.15, -0.1) is 0 Å². The molecular formula is C13H15N5O3S. The second kappa shape index (κ2) is 4.73. The first-order valence-electron chi connectivity index (χ1n) is 6.53. The van der Waals surface area contributed by atoms with Crippen LogP contribution in [0.15, 0.2) is 27.9 Å². The predicted octanol–water partition coefficient (Wildman–Crippen LogP) is 1.01. The second-order valence-corrected chi connectivity index (χ2v) is 6.71. The highest BCUT2D eigenvalue weighted by Crippen LogP contribution is 2.22. The quantitative estimate of drug-likeness (QED) is 0.668. The lowest BCUT2D eigenvalue weighted by molar-refractivity contribution is 0.600. The molecule has 0 spiro atoms. The van der Waals surface area contributed by atoms with Crippen LogP contribution >= 0.6 is 0 Å². The lowest BCUT2D eigenvalue weighted by Gasteiger charge is -2.08. The zero-order valence-electron chi connectivity index (χ0n) is 12.3. The van der Waals surface area contributed by atoms with Crippen molar-refractivity contribution in [1.82, 2.24) is 19.7 Å². The minimum atomic E-state index is -3.75. The summed E-state index contributed by atoms with van der Waals surface area (Å²) in [5.74, 6) is 0. The van der Waals surface area contributed by atoms with Crippen LogP contribution in [0, 0.1) is 13.8 Å². The van der Waals surface area contributed by atoms with Crippen molar-refractivity contribution >= 4 is 26.7 Å². The highest BCUT2D eigenvalue weighted by Gasteiger charge is 2.22. The van der Waals surface area contributed by atoms with E-state index < -0.39 is 10.0 Å². The third-order valence-electron chi connectivity index (χ3n) is 3.49. The van der Waals surface area contributed by atoms with E-state index in [-0.39, 0.29) is 10.6 Å². The Kier molecular flexibility index (Phi) is 3.10. The molecule has 0 atom stereocenters. The van der Waals surface area contributed by atoms with Crippen molar-refractivity contribution in [3.05, 3.63) is 40.1 Å². The van der Waals surface area contributed by atoms with Gasteiger partial charge in [-0.05, 0) is 32.0 Å². The molecule has 0 amide bonds.